The molecule has 0 unspecified atom stereocenters. The maximum absolute atomic E-state index is 15.7. The van der Waals surface area contributed by atoms with E-state index in [0.29, 0.717) is 24.1 Å². The van der Waals surface area contributed by atoms with Crippen molar-refractivity contribution in [3.8, 4) is 0 Å². The first kappa shape index (κ1) is 25.8. The Kier molecular flexibility index (Phi) is 6.20. The van der Waals surface area contributed by atoms with Crippen molar-refractivity contribution in [2.75, 3.05) is 0 Å². The van der Waals surface area contributed by atoms with Crippen LogP contribution in [0, 0.1) is 18.6 Å². The molecule has 0 amide bonds. The minimum atomic E-state index is -3.83. The predicted octanol–water partition coefficient (Wildman–Crippen LogP) is 4.44. The van der Waals surface area contributed by atoms with Gasteiger partial charge in [-0.1, -0.05) is 30.3 Å². The number of aromatic amines is 1. The van der Waals surface area contributed by atoms with Crippen LogP contribution in [0.2, 0.25) is 0 Å². The zero-order chi connectivity index (χ0) is 26.8. The molecule has 0 radical (unpaired) electrons. The van der Waals surface area contributed by atoms with E-state index in [1.54, 1.807) is 45.0 Å². The van der Waals surface area contributed by atoms with Gasteiger partial charge in [0.15, 0.2) is 0 Å². The van der Waals surface area contributed by atoms with Crippen molar-refractivity contribution in [2.45, 2.75) is 75.3 Å². The third-order valence-electron chi connectivity index (χ3n) is 7.80. The average Bonchev–Trinajstić information content (AvgIpc) is 3.15. The fourth-order valence-electron chi connectivity index (χ4n) is 6.18. The SMILES string of the molecule is Cc1[nH]c(=O)oc1C1(c2cc(F)c(CN3[C@@H](C)CC[C@H](c4ccccc4)S3(=O)=O)cc2F)CC(C)(O)C1. The van der Waals surface area contributed by atoms with Gasteiger partial charge in [0.1, 0.15) is 22.6 Å². The highest BCUT2D eigenvalue weighted by atomic mass is 32.2. The van der Waals surface area contributed by atoms with Gasteiger partial charge >= 0.3 is 5.76 Å². The number of rotatable bonds is 5. The Bertz CT molecular complexity index is 1490. The molecule has 2 fully saturated rings. The molecule has 10 heteroatoms. The third kappa shape index (κ3) is 4.34. The summed E-state index contributed by atoms with van der Waals surface area (Å²) in [5, 5.41) is 9.73. The lowest BCUT2D eigenvalue weighted by atomic mass is 9.55. The molecule has 1 saturated carbocycles. The molecule has 2 N–H and O–H groups in total. The van der Waals surface area contributed by atoms with Gasteiger partial charge in [0.05, 0.1) is 16.7 Å². The Morgan fingerprint density at radius 2 is 1.81 bits per heavy atom. The van der Waals surface area contributed by atoms with Crippen molar-refractivity contribution < 1.29 is 26.7 Å². The molecule has 5 rings (SSSR count). The van der Waals surface area contributed by atoms with Gasteiger partial charge in [-0.3, -0.25) is 4.98 Å². The second-order valence-corrected chi connectivity index (χ2v) is 12.8. The van der Waals surface area contributed by atoms with Gasteiger partial charge in [0.2, 0.25) is 10.0 Å². The molecule has 198 valence electrons. The molecular weight excluding hydrogens is 502 g/mol. The number of aryl methyl sites for hydroxylation is 1. The highest BCUT2D eigenvalue weighted by Gasteiger charge is 2.57. The highest BCUT2D eigenvalue weighted by Crippen LogP contribution is 2.55. The molecule has 2 atom stereocenters. The third-order valence-corrected chi connectivity index (χ3v) is 10.2. The summed E-state index contributed by atoms with van der Waals surface area (Å²) in [4.78, 5) is 14.3. The summed E-state index contributed by atoms with van der Waals surface area (Å²) in [6.07, 6.45) is 1.11. The zero-order valence-corrected chi connectivity index (χ0v) is 21.7. The van der Waals surface area contributed by atoms with Crippen molar-refractivity contribution in [2.24, 2.45) is 0 Å². The lowest BCUT2D eigenvalue weighted by Gasteiger charge is -2.51. The van der Waals surface area contributed by atoms with Crippen LogP contribution in [0.4, 0.5) is 8.78 Å². The first-order chi connectivity index (χ1) is 17.3. The maximum Gasteiger partial charge on any atom is 0.416 e. The number of halogens is 2. The Morgan fingerprint density at radius 1 is 1.14 bits per heavy atom. The van der Waals surface area contributed by atoms with E-state index < -0.39 is 43.7 Å². The van der Waals surface area contributed by atoms with E-state index in [0.717, 1.165) is 12.1 Å². The fraction of sp³-hybridized carbons (Fsp3) is 0.444. The van der Waals surface area contributed by atoms with E-state index in [2.05, 4.69) is 4.98 Å². The second kappa shape index (κ2) is 8.89. The molecule has 0 bridgehead atoms. The molecule has 2 aromatic carbocycles. The number of nitrogens with one attached hydrogen (secondary N) is 1. The van der Waals surface area contributed by atoms with Gasteiger partial charge in [-0.05, 0) is 64.2 Å². The number of H-pyrrole nitrogens is 1. The summed E-state index contributed by atoms with van der Waals surface area (Å²) in [6.45, 7) is 4.64. The Labute approximate surface area is 214 Å². The minimum absolute atomic E-state index is 0.0354. The van der Waals surface area contributed by atoms with Crippen LogP contribution in [0.5, 0.6) is 0 Å². The lowest BCUT2D eigenvalue weighted by molar-refractivity contribution is -0.0689. The number of hydrogen-bond acceptors (Lipinski definition) is 5. The summed E-state index contributed by atoms with van der Waals surface area (Å²) in [6, 6.07) is 10.6. The normalized spacial score (nSPS) is 29.7. The summed E-state index contributed by atoms with van der Waals surface area (Å²) < 4.78 is 64.8. The molecule has 0 spiro atoms. The summed E-state index contributed by atoms with van der Waals surface area (Å²) in [5.74, 6) is -2.07. The smallest absolute Gasteiger partial charge is 0.412 e. The number of benzene rings is 2. The molecule has 1 aliphatic heterocycles. The minimum Gasteiger partial charge on any atom is -0.412 e. The van der Waals surface area contributed by atoms with E-state index in [1.807, 2.05) is 6.07 Å². The number of nitrogens with zero attached hydrogens (tertiary/aromatic N) is 1. The predicted molar refractivity (Wildman–Crippen MR) is 133 cm³/mol. The molecule has 37 heavy (non-hydrogen) atoms. The molecule has 2 heterocycles. The van der Waals surface area contributed by atoms with Crippen LogP contribution in [-0.2, 0) is 22.0 Å². The Morgan fingerprint density at radius 3 is 2.41 bits per heavy atom. The van der Waals surface area contributed by atoms with Crippen molar-refractivity contribution in [3.63, 3.8) is 0 Å². The van der Waals surface area contributed by atoms with Gasteiger partial charge < -0.3 is 9.52 Å². The largest absolute Gasteiger partial charge is 0.416 e. The van der Waals surface area contributed by atoms with Crippen LogP contribution in [0.1, 0.15) is 72.9 Å². The molecule has 1 aromatic heterocycles. The topological polar surface area (TPSA) is 104 Å². The molecule has 7 nitrogen and oxygen atoms in total. The van der Waals surface area contributed by atoms with E-state index in [9.17, 15) is 18.3 Å². The molecular formula is C27H30F2N2O5S. The quantitative estimate of drug-likeness (QED) is 0.506. The lowest BCUT2D eigenvalue weighted by Crippen LogP contribution is -2.54. The van der Waals surface area contributed by atoms with Gasteiger partial charge in [0.25, 0.3) is 0 Å². The van der Waals surface area contributed by atoms with E-state index in [1.165, 1.54) is 4.31 Å². The molecule has 3 aromatic rings. The zero-order valence-electron chi connectivity index (χ0n) is 20.9. The van der Waals surface area contributed by atoms with Crippen molar-refractivity contribution in [1.82, 2.24) is 9.29 Å². The van der Waals surface area contributed by atoms with E-state index in [4.69, 9.17) is 4.42 Å². The Hall–Kier alpha value is -2.82. The fourth-order valence-corrected chi connectivity index (χ4v) is 8.37. The monoisotopic (exact) mass is 532 g/mol. The van der Waals surface area contributed by atoms with Gasteiger partial charge in [-0.2, -0.15) is 4.31 Å². The first-order valence-electron chi connectivity index (χ1n) is 12.3. The summed E-state index contributed by atoms with van der Waals surface area (Å²) in [5.41, 5.74) is -1.44. The molecule has 1 saturated heterocycles. The number of sulfonamides is 1. The van der Waals surface area contributed by atoms with Crippen molar-refractivity contribution >= 4 is 10.0 Å². The number of aliphatic hydroxyl groups is 1. The van der Waals surface area contributed by atoms with E-state index >= 15 is 8.78 Å². The number of aromatic nitrogens is 1. The summed E-state index contributed by atoms with van der Waals surface area (Å²) >= 11 is 0. The maximum atomic E-state index is 15.7. The number of hydrogen-bond donors (Lipinski definition) is 2. The van der Waals surface area contributed by atoms with Crippen LogP contribution < -0.4 is 5.76 Å². The van der Waals surface area contributed by atoms with Crippen LogP contribution in [0.3, 0.4) is 0 Å². The van der Waals surface area contributed by atoms with Crippen molar-refractivity contribution in [1.29, 1.82) is 0 Å². The highest BCUT2D eigenvalue weighted by molar-refractivity contribution is 7.89. The van der Waals surface area contributed by atoms with Crippen LogP contribution in [0.25, 0.3) is 0 Å². The first-order valence-corrected chi connectivity index (χ1v) is 13.8. The van der Waals surface area contributed by atoms with Crippen LogP contribution in [-0.4, -0.2) is 34.5 Å². The Balaban J connectivity index is 1.51. The van der Waals surface area contributed by atoms with Gasteiger partial charge in [-0.15, -0.1) is 0 Å². The molecule has 2 aliphatic rings. The summed E-state index contributed by atoms with van der Waals surface area (Å²) in [7, 11) is -3.83. The van der Waals surface area contributed by atoms with Crippen LogP contribution >= 0.6 is 0 Å². The standard InChI is InChI=1S/C27H30F2N2O5S/c1-16-9-10-23(18-7-5-4-6-8-18)37(34,35)31(16)13-19-11-22(29)20(12-21(19)28)27(14-26(3,33)15-27)24-17(2)30-25(32)36-24/h4-8,11-12,16,23,33H,9-10,13-15H2,1-3H3,(H,30,32)/t16-,23+,26?,27?/m0/s1. The second-order valence-electron chi connectivity index (χ2n) is 10.7. The van der Waals surface area contributed by atoms with E-state index in [-0.39, 0.29) is 42.3 Å². The molecule has 1 aliphatic carbocycles. The number of oxazole rings is 1. The average molecular weight is 533 g/mol. The van der Waals surface area contributed by atoms with Crippen LogP contribution in [0.15, 0.2) is 51.7 Å². The van der Waals surface area contributed by atoms with Gasteiger partial charge in [-0.25, -0.2) is 22.0 Å². The van der Waals surface area contributed by atoms with Gasteiger partial charge in [0, 0.05) is 23.7 Å². The van der Waals surface area contributed by atoms with Crippen molar-refractivity contribution in [3.05, 3.63) is 92.8 Å².